The second-order valence-electron chi connectivity index (χ2n) is 5.78. The first-order valence-corrected chi connectivity index (χ1v) is 7.77. The van der Waals surface area contributed by atoms with Crippen LogP contribution in [0.5, 0.6) is 5.75 Å². The van der Waals surface area contributed by atoms with Gasteiger partial charge in [0.1, 0.15) is 11.4 Å². The summed E-state index contributed by atoms with van der Waals surface area (Å²) in [5, 5.41) is 0. The number of benzene rings is 1. The number of imidazole rings is 1. The fourth-order valence-electron chi connectivity index (χ4n) is 2.97. The van der Waals surface area contributed by atoms with Crippen molar-refractivity contribution in [2.75, 3.05) is 7.11 Å². The Labute approximate surface area is 137 Å². The van der Waals surface area contributed by atoms with Crippen LogP contribution in [0.1, 0.15) is 17.0 Å². The molecule has 0 aliphatic rings. The Hall–Kier alpha value is -3.02. The molecule has 24 heavy (non-hydrogen) atoms. The lowest BCUT2D eigenvalue weighted by molar-refractivity contribution is 0.414. The van der Waals surface area contributed by atoms with Crippen LogP contribution >= 0.6 is 0 Å². The Kier molecular flexibility index (Phi) is 3.37. The molecule has 0 saturated carbocycles. The second-order valence-corrected chi connectivity index (χ2v) is 5.78. The van der Waals surface area contributed by atoms with Crippen LogP contribution in [0.2, 0.25) is 0 Å². The summed E-state index contributed by atoms with van der Waals surface area (Å²) in [5.74, 6) is 0.374. The molecule has 0 bridgehead atoms. The van der Waals surface area contributed by atoms with Gasteiger partial charge in [-0.15, -0.1) is 0 Å². The molecule has 6 heteroatoms. The molecule has 4 aromatic rings. The van der Waals surface area contributed by atoms with Gasteiger partial charge in [0.15, 0.2) is 5.58 Å². The Balaban J connectivity index is 1.61. The third kappa shape index (κ3) is 2.46. The summed E-state index contributed by atoms with van der Waals surface area (Å²) >= 11 is 0. The van der Waals surface area contributed by atoms with Crippen molar-refractivity contribution < 1.29 is 9.15 Å². The molecule has 0 atom stereocenters. The van der Waals surface area contributed by atoms with E-state index in [-0.39, 0.29) is 0 Å². The number of rotatable bonds is 4. The number of ether oxygens (including phenoxy) is 1. The summed E-state index contributed by atoms with van der Waals surface area (Å²) in [4.78, 5) is 18.6. The molecule has 3 heterocycles. The third-order valence-electron chi connectivity index (χ3n) is 4.31. The number of aromatic nitrogens is 3. The zero-order chi connectivity index (χ0) is 16.7. The maximum Gasteiger partial charge on any atom is 0.417 e. The molecule has 3 aromatic heterocycles. The van der Waals surface area contributed by atoms with Crippen molar-refractivity contribution in [3.63, 3.8) is 0 Å². The molecule has 0 fully saturated rings. The number of hydrogen-bond donors (Lipinski definition) is 1. The number of hydrogen-bond acceptors (Lipinski definition) is 4. The summed E-state index contributed by atoms with van der Waals surface area (Å²) in [5.41, 5.74) is 5.49. The zero-order valence-corrected chi connectivity index (χ0v) is 13.5. The Bertz CT molecular complexity index is 1090. The smallest absolute Gasteiger partial charge is 0.417 e. The van der Waals surface area contributed by atoms with Gasteiger partial charge in [-0.25, -0.2) is 9.78 Å². The minimum atomic E-state index is -0.424. The van der Waals surface area contributed by atoms with Crippen LogP contribution in [0, 0.1) is 6.92 Å². The highest BCUT2D eigenvalue weighted by Crippen LogP contribution is 2.19. The van der Waals surface area contributed by atoms with Gasteiger partial charge in [-0.2, -0.15) is 0 Å². The second kappa shape index (κ2) is 5.56. The molecule has 0 radical (unpaired) electrons. The van der Waals surface area contributed by atoms with E-state index in [2.05, 4.69) is 16.3 Å². The van der Waals surface area contributed by atoms with E-state index in [1.54, 1.807) is 7.11 Å². The minimum absolute atomic E-state index is 0.424. The standard InChI is InChI=1S/C18H17N3O3/c1-11-14(19-17-10-13(23-2)7-8-21(11)17)5-3-12-4-6-15-16(9-12)24-18(22)20-15/h4,6-10H,3,5H2,1-2H3,(H,20,22). The van der Waals surface area contributed by atoms with Gasteiger partial charge < -0.3 is 13.6 Å². The van der Waals surface area contributed by atoms with Gasteiger partial charge in [0.25, 0.3) is 0 Å². The van der Waals surface area contributed by atoms with Crippen molar-refractivity contribution in [2.45, 2.75) is 19.8 Å². The largest absolute Gasteiger partial charge is 0.497 e. The summed E-state index contributed by atoms with van der Waals surface area (Å²) < 4.78 is 12.4. The van der Waals surface area contributed by atoms with E-state index in [4.69, 9.17) is 14.1 Å². The molecule has 122 valence electrons. The van der Waals surface area contributed by atoms with Crippen molar-refractivity contribution in [2.24, 2.45) is 0 Å². The number of aromatic amines is 1. The number of pyridine rings is 1. The van der Waals surface area contributed by atoms with Crippen LogP contribution in [-0.2, 0) is 12.8 Å². The normalized spacial score (nSPS) is 11.4. The van der Waals surface area contributed by atoms with Crippen molar-refractivity contribution >= 4 is 16.7 Å². The molecule has 0 amide bonds. The number of methoxy groups -OCH3 is 1. The molecule has 0 saturated heterocycles. The van der Waals surface area contributed by atoms with E-state index in [9.17, 15) is 4.79 Å². The van der Waals surface area contributed by atoms with Crippen LogP contribution in [0.15, 0.2) is 45.7 Å². The molecule has 6 nitrogen and oxygen atoms in total. The molecule has 1 N–H and O–H groups in total. The lowest BCUT2D eigenvalue weighted by Gasteiger charge is -2.01. The van der Waals surface area contributed by atoms with E-state index < -0.39 is 5.76 Å². The molecule has 1 aromatic carbocycles. The molecular weight excluding hydrogens is 306 g/mol. The molecule has 0 spiro atoms. The van der Waals surface area contributed by atoms with Crippen molar-refractivity contribution in [3.8, 4) is 5.75 Å². The van der Waals surface area contributed by atoms with E-state index in [1.165, 1.54) is 0 Å². The van der Waals surface area contributed by atoms with Gasteiger partial charge in [0.05, 0.1) is 18.3 Å². The van der Waals surface area contributed by atoms with Gasteiger partial charge in [0, 0.05) is 18.0 Å². The Morgan fingerprint density at radius 2 is 2.12 bits per heavy atom. The molecule has 0 unspecified atom stereocenters. The third-order valence-corrected chi connectivity index (χ3v) is 4.31. The maximum atomic E-state index is 11.2. The van der Waals surface area contributed by atoms with E-state index >= 15 is 0 Å². The van der Waals surface area contributed by atoms with Gasteiger partial charge >= 0.3 is 5.76 Å². The highest BCUT2D eigenvalue weighted by atomic mass is 16.5. The van der Waals surface area contributed by atoms with Gasteiger partial charge in [0.2, 0.25) is 0 Å². The first-order valence-electron chi connectivity index (χ1n) is 7.77. The van der Waals surface area contributed by atoms with Crippen molar-refractivity contribution in [1.29, 1.82) is 0 Å². The number of H-pyrrole nitrogens is 1. The monoisotopic (exact) mass is 323 g/mol. The van der Waals surface area contributed by atoms with Crippen LogP contribution in [0.25, 0.3) is 16.7 Å². The van der Waals surface area contributed by atoms with Gasteiger partial charge in [-0.1, -0.05) is 6.07 Å². The van der Waals surface area contributed by atoms with Crippen molar-refractivity contribution in [1.82, 2.24) is 14.4 Å². The number of aryl methyl sites for hydroxylation is 3. The van der Waals surface area contributed by atoms with Gasteiger partial charge in [-0.05, 0) is 43.5 Å². The number of nitrogens with zero attached hydrogens (tertiary/aromatic N) is 2. The SMILES string of the molecule is COc1ccn2c(C)c(CCc3ccc4[nH]c(=O)oc4c3)nc2c1. The fourth-order valence-corrected chi connectivity index (χ4v) is 2.97. The average Bonchev–Trinajstić information content (AvgIpc) is 3.11. The molecule has 4 rings (SSSR count). The summed E-state index contributed by atoms with van der Waals surface area (Å²) in [6, 6.07) is 9.63. The van der Waals surface area contributed by atoms with Crippen LogP contribution in [-0.4, -0.2) is 21.5 Å². The predicted octanol–water partition coefficient (Wildman–Crippen LogP) is 2.87. The minimum Gasteiger partial charge on any atom is -0.497 e. The van der Waals surface area contributed by atoms with Crippen molar-refractivity contribution in [3.05, 3.63) is 64.0 Å². The topological polar surface area (TPSA) is 72.5 Å². The predicted molar refractivity (Wildman–Crippen MR) is 90.7 cm³/mol. The van der Waals surface area contributed by atoms with E-state index in [0.717, 1.165) is 46.7 Å². The van der Waals surface area contributed by atoms with E-state index in [0.29, 0.717) is 5.58 Å². The summed E-state index contributed by atoms with van der Waals surface area (Å²) in [6.07, 6.45) is 3.61. The average molecular weight is 323 g/mol. The first kappa shape index (κ1) is 14.6. The number of fused-ring (bicyclic) bond motifs is 2. The van der Waals surface area contributed by atoms with Crippen LogP contribution in [0.4, 0.5) is 0 Å². The summed E-state index contributed by atoms with van der Waals surface area (Å²) in [6.45, 7) is 2.07. The first-order chi connectivity index (χ1) is 11.6. The zero-order valence-electron chi connectivity index (χ0n) is 13.5. The fraction of sp³-hybridized carbons (Fsp3) is 0.222. The lowest BCUT2D eigenvalue weighted by atomic mass is 10.1. The number of oxazole rings is 1. The lowest BCUT2D eigenvalue weighted by Crippen LogP contribution is -1.94. The van der Waals surface area contributed by atoms with Crippen LogP contribution in [0.3, 0.4) is 0 Å². The maximum absolute atomic E-state index is 11.2. The Morgan fingerprint density at radius 1 is 1.25 bits per heavy atom. The number of nitrogens with one attached hydrogen (secondary N) is 1. The molecule has 0 aliphatic heterocycles. The molecule has 0 aliphatic carbocycles. The van der Waals surface area contributed by atoms with Crippen LogP contribution < -0.4 is 10.5 Å². The highest BCUT2D eigenvalue weighted by molar-refractivity contribution is 5.72. The highest BCUT2D eigenvalue weighted by Gasteiger charge is 2.10. The quantitative estimate of drug-likeness (QED) is 0.627. The summed E-state index contributed by atoms with van der Waals surface area (Å²) in [7, 11) is 1.65. The van der Waals surface area contributed by atoms with Gasteiger partial charge in [-0.3, -0.25) is 4.98 Å². The van der Waals surface area contributed by atoms with E-state index in [1.807, 2.05) is 36.5 Å². The Morgan fingerprint density at radius 3 is 2.96 bits per heavy atom. The molecular formula is C18H17N3O3.